The Morgan fingerprint density at radius 2 is 2.12 bits per heavy atom. The number of aryl methyl sites for hydroxylation is 1. The first kappa shape index (κ1) is 13.8. The van der Waals surface area contributed by atoms with Crippen molar-refractivity contribution in [3.8, 4) is 5.75 Å². The van der Waals surface area contributed by atoms with Crippen LogP contribution < -0.4 is 4.74 Å². The molecule has 4 nitrogen and oxygen atoms in total. The number of hydrogen-bond donors (Lipinski definition) is 0. The Labute approximate surface area is 97.3 Å². The van der Waals surface area contributed by atoms with Crippen molar-refractivity contribution in [2.45, 2.75) is 26.1 Å². The lowest BCUT2D eigenvalue weighted by atomic mass is 10.5. The minimum absolute atomic E-state index is 0.0773. The lowest BCUT2D eigenvalue weighted by Crippen LogP contribution is -2.19. The molecule has 0 N–H and O–H groups in total. The van der Waals surface area contributed by atoms with Crippen molar-refractivity contribution in [2.75, 3.05) is 19.8 Å². The Bertz CT molecular complexity index is 326. The topological polar surface area (TPSA) is 36.3 Å². The first-order valence-corrected chi connectivity index (χ1v) is 5.31. The van der Waals surface area contributed by atoms with Crippen molar-refractivity contribution in [2.24, 2.45) is 0 Å². The van der Waals surface area contributed by atoms with E-state index in [1.165, 1.54) is 6.20 Å². The second kappa shape index (κ2) is 6.48. The zero-order valence-corrected chi connectivity index (χ0v) is 9.54. The highest BCUT2D eigenvalue weighted by molar-refractivity contribution is 5.11. The third kappa shape index (κ3) is 6.15. The maximum Gasteiger partial charge on any atom is 0.411 e. The van der Waals surface area contributed by atoms with E-state index in [1.807, 2.05) is 6.92 Å². The Balaban J connectivity index is 2.13. The third-order valence-electron chi connectivity index (χ3n) is 1.82. The summed E-state index contributed by atoms with van der Waals surface area (Å²) in [5.74, 6) is 0.536. The maximum atomic E-state index is 11.7. The molecule has 0 fully saturated rings. The maximum absolute atomic E-state index is 11.7. The molecular formula is C10H15F3N2O2. The molecule has 0 spiro atoms. The van der Waals surface area contributed by atoms with Crippen molar-refractivity contribution < 1.29 is 22.6 Å². The van der Waals surface area contributed by atoms with Gasteiger partial charge in [-0.25, -0.2) is 0 Å². The van der Waals surface area contributed by atoms with Gasteiger partial charge in [0.2, 0.25) is 0 Å². The number of alkyl halides is 3. The summed E-state index contributed by atoms with van der Waals surface area (Å²) >= 11 is 0. The summed E-state index contributed by atoms with van der Waals surface area (Å²) in [6.45, 7) is 1.54. The molecule has 0 radical (unpaired) electrons. The molecule has 0 aliphatic carbocycles. The molecule has 0 saturated heterocycles. The second-order valence-corrected chi connectivity index (χ2v) is 3.46. The van der Waals surface area contributed by atoms with Gasteiger partial charge < -0.3 is 9.47 Å². The van der Waals surface area contributed by atoms with E-state index < -0.39 is 12.8 Å². The van der Waals surface area contributed by atoms with E-state index in [-0.39, 0.29) is 13.2 Å². The van der Waals surface area contributed by atoms with Gasteiger partial charge in [-0.1, -0.05) is 6.92 Å². The van der Waals surface area contributed by atoms with Crippen LogP contribution in [0.2, 0.25) is 0 Å². The standard InChI is InChI=1S/C10H15F3N2O2/c1-2-3-15-7-9(6-14-15)17-5-4-16-8-10(11,12)13/h6-7H,2-5,8H2,1H3. The summed E-state index contributed by atoms with van der Waals surface area (Å²) in [5, 5.41) is 4.01. The van der Waals surface area contributed by atoms with Crippen LogP contribution in [0.25, 0.3) is 0 Å². The Hall–Kier alpha value is -1.24. The van der Waals surface area contributed by atoms with Gasteiger partial charge in [-0.2, -0.15) is 18.3 Å². The van der Waals surface area contributed by atoms with E-state index in [0.29, 0.717) is 5.75 Å². The number of ether oxygens (including phenoxy) is 2. The highest BCUT2D eigenvalue weighted by Crippen LogP contribution is 2.14. The summed E-state index contributed by atoms with van der Waals surface area (Å²) in [5.41, 5.74) is 0. The molecule has 0 atom stereocenters. The number of aromatic nitrogens is 2. The summed E-state index contributed by atoms with van der Waals surface area (Å²) in [4.78, 5) is 0. The molecule has 0 unspecified atom stereocenters. The molecule has 0 aromatic carbocycles. The fourth-order valence-electron chi connectivity index (χ4n) is 1.18. The highest BCUT2D eigenvalue weighted by Gasteiger charge is 2.27. The monoisotopic (exact) mass is 252 g/mol. The fourth-order valence-corrected chi connectivity index (χ4v) is 1.18. The van der Waals surface area contributed by atoms with Gasteiger partial charge in [0.25, 0.3) is 0 Å². The first-order chi connectivity index (χ1) is 8.01. The van der Waals surface area contributed by atoms with Gasteiger partial charge in [0.05, 0.1) is 19.0 Å². The summed E-state index contributed by atoms with van der Waals surface area (Å²) in [7, 11) is 0. The normalized spacial score (nSPS) is 11.8. The molecule has 17 heavy (non-hydrogen) atoms. The zero-order chi connectivity index (χ0) is 12.7. The van der Waals surface area contributed by atoms with Gasteiger partial charge in [0.15, 0.2) is 5.75 Å². The molecule has 0 amide bonds. The average molecular weight is 252 g/mol. The summed E-state index contributed by atoms with van der Waals surface area (Å²) in [6, 6.07) is 0. The molecule has 0 aliphatic rings. The van der Waals surface area contributed by atoms with Gasteiger partial charge >= 0.3 is 6.18 Å². The van der Waals surface area contributed by atoms with Gasteiger partial charge in [0.1, 0.15) is 13.2 Å². The van der Waals surface area contributed by atoms with E-state index in [4.69, 9.17) is 4.74 Å². The van der Waals surface area contributed by atoms with Crippen molar-refractivity contribution in [3.05, 3.63) is 12.4 Å². The number of hydrogen-bond acceptors (Lipinski definition) is 3. The Kier molecular flexibility index (Phi) is 5.27. The van der Waals surface area contributed by atoms with Gasteiger partial charge in [-0.3, -0.25) is 4.68 Å². The van der Waals surface area contributed by atoms with E-state index >= 15 is 0 Å². The SMILES string of the molecule is CCCn1cc(OCCOCC(F)(F)F)cn1. The van der Waals surface area contributed by atoms with E-state index in [0.717, 1.165) is 13.0 Å². The molecule has 7 heteroatoms. The van der Waals surface area contributed by atoms with Crippen molar-refractivity contribution >= 4 is 0 Å². The molecule has 1 heterocycles. The number of rotatable bonds is 7. The Morgan fingerprint density at radius 3 is 2.76 bits per heavy atom. The van der Waals surface area contributed by atoms with Crippen LogP contribution in [0.4, 0.5) is 13.2 Å². The van der Waals surface area contributed by atoms with Crippen LogP contribution >= 0.6 is 0 Å². The molecule has 1 aromatic heterocycles. The lowest BCUT2D eigenvalue weighted by Gasteiger charge is -2.07. The van der Waals surface area contributed by atoms with Crippen molar-refractivity contribution in [3.63, 3.8) is 0 Å². The summed E-state index contributed by atoms with van der Waals surface area (Å²) < 4.78 is 46.4. The average Bonchev–Trinajstić information content (AvgIpc) is 2.64. The summed E-state index contributed by atoms with van der Waals surface area (Å²) in [6.07, 6.45) is -0.103. The molecule has 1 rings (SSSR count). The minimum Gasteiger partial charge on any atom is -0.488 e. The highest BCUT2D eigenvalue weighted by atomic mass is 19.4. The van der Waals surface area contributed by atoms with E-state index in [2.05, 4.69) is 9.84 Å². The first-order valence-electron chi connectivity index (χ1n) is 5.31. The van der Waals surface area contributed by atoms with Gasteiger partial charge in [-0.15, -0.1) is 0 Å². The zero-order valence-electron chi connectivity index (χ0n) is 9.54. The smallest absolute Gasteiger partial charge is 0.411 e. The molecular weight excluding hydrogens is 237 g/mol. The molecule has 0 aliphatic heterocycles. The largest absolute Gasteiger partial charge is 0.488 e. The molecule has 0 bridgehead atoms. The van der Waals surface area contributed by atoms with Crippen LogP contribution in [0.5, 0.6) is 5.75 Å². The molecule has 0 saturated carbocycles. The lowest BCUT2D eigenvalue weighted by molar-refractivity contribution is -0.175. The van der Waals surface area contributed by atoms with Crippen LogP contribution in [0.3, 0.4) is 0 Å². The number of halogens is 3. The van der Waals surface area contributed by atoms with Crippen molar-refractivity contribution in [1.82, 2.24) is 9.78 Å². The predicted octanol–water partition coefficient (Wildman–Crippen LogP) is 2.25. The van der Waals surface area contributed by atoms with Gasteiger partial charge in [-0.05, 0) is 6.42 Å². The van der Waals surface area contributed by atoms with Crippen LogP contribution in [0.1, 0.15) is 13.3 Å². The third-order valence-corrected chi connectivity index (χ3v) is 1.82. The Morgan fingerprint density at radius 1 is 1.35 bits per heavy atom. The van der Waals surface area contributed by atoms with E-state index in [1.54, 1.807) is 10.9 Å². The van der Waals surface area contributed by atoms with Crippen molar-refractivity contribution in [1.29, 1.82) is 0 Å². The predicted molar refractivity (Wildman–Crippen MR) is 54.9 cm³/mol. The minimum atomic E-state index is -4.29. The van der Waals surface area contributed by atoms with Gasteiger partial charge in [0, 0.05) is 6.54 Å². The van der Waals surface area contributed by atoms with Crippen LogP contribution in [-0.4, -0.2) is 35.8 Å². The number of nitrogens with zero attached hydrogens (tertiary/aromatic N) is 2. The molecule has 1 aromatic rings. The second-order valence-electron chi connectivity index (χ2n) is 3.46. The molecule has 98 valence electrons. The fraction of sp³-hybridized carbons (Fsp3) is 0.700. The van der Waals surface area contributed by atoms with Crippen LogP contribution in [0, 0.1) is 0 Å². The quantitative estimate of drug-likeness (QED) is 0.698. The van der Waals surface area contributed by atoms with Crippen LogP contribution in [-0.2, 0) is 11.3 Å². The van der Waals surface area contributed by atoms with E-state index in [9.17, 15) is 13.2 Å². The van der Waals surface area contributed by atoms with Crippen LogP contribution in [0.15, 0.2) is 12.4 Å².